The van der Waals surface area contributed by atoms with Crippen LogP contribution in [0.4, 0.5) is 0 Å². The largest absolute Gasteiger partial charge is 0.488 e. The Hall–Kier alpha value is -2.34. The Labute approximate surface area is 168 Å². The molecule has 1 amide bonds. The number of para-hydroxylation sites is 1. The third kappa shape index (κ3) is 7.06. The lowest BCUT2D eigenvalue weighted by atomic mass is 10.1. The maximum absolute atomic E-state index is 12.5. The molecule has 0 radical (unpaired) electrons. The van der Waals surface area contributed by atoms with E-state index in [0.29, 0.717) is 30.9 Å². The highest BCUT2D eigenvalue weighted by Crippen LogP contribution is 2.22. The van der Waals surface area contributed by atoms with Gasteiger partial charge < -0.3 is 14.8 Å². The second-order valence-electron chi connectivity index (χ2n) is 6.02. The van der Waals surface area contributed by atoms with Crippen molar-refractivity contribution in [1.82, 2.24) is 5.32 Å². The topological polar surface area (TPSA) is 64.6 Å². The average molecular weight is 434 g/mol. The Balaban J connectivity index is 1.82. The second kappa shape index (κ2) is 11.4. The lowest BCUT2D eigenvalue weighted by Crippen LogP contribution is -2.25. The summed E-state index contributed by atoms with van der Waals surface area (Å²) in [5.41, 5.74) is 1.53. The summed E-state index contributed by atoms with van der Waals surface area (Å²) in [6, 6.07) is 15.0. The van der Waals surface area contributed by atoms with Crippen molar-refractivity contribution in [3.63, 3.8) is 0 Å². The lowest BCUT2D eigenvalue weighted by Gasteiger charge is -2.12. The molecule has 0 aliphatic rings. The van der Waals surface area contributed by atoms with Gasteiger partial charge in [0.2, 0.25) is 0 Å². The van der Waals surface area contributed by atoms with Crippen molar-refractivity contribution < 1.29 is 19.1 Å². The lowest BCUT2D eigenvalue weighted by molar-refractivity contribution is -0.140. The third-order valence-electron chi connectivity index (χ3n) is 4.04. The molecule has 0 heterocycles. The quantitative estimate of drug-likeness (QED) is 0.442. The van der Waals surface area contributed by atoms with Gasteiger partial charge in [0.25, 0.3) is 5.91 Å². The molecule has 2 aromatic rings. The summed E-state index contributed by atoms with van der Waals surface area (Å²) in [4.78, 5) is 23.5. The van der Waals surface area contributed by atoms with Gasteiger partial charge in [-0.25, -0.2) is 0 Å². The zero-order valence-electron chi connectivity index (χ0n) is 15.4. The Bertz CT molecular complexity index is 763. The number of benzene rings is 2. The van der Waals surface area contributed by atoms with Gasteiger partial charge in [-0.3, -0.25) is 9.59 Å². The minimum atomic E-state index is -0.199. The van der Waals surface area contributed by atoms with Gasteiger partial charge in [-0.05, 0) is 31.0 Å². The van der Waals surface area contributed by atoms with Gasteiger partial charge in [0.1, 0.15) is 12.4 Å². The minimum Gasteiger partial charge on any atom is -0.488 e. The summed E-state index contributed by atoms with van der Waals surface area (Å²) in [6.07, 6.45) is 2.84. The fraction of sp³-hybridized carbons (Fsp3) is 0.333. The number of hydrogen-bond donors (Lipinski definition) is 1. The monoisotopic (exact) mass is 433 g/mol. The molecule has 0 aromatic heterocycles. The SMILES string of the molecule is COC(=O)CCCCCNC(=O)c1ccccc1OCc1ccccc1Br. The molecule has 0 saturated heterocycles. The molecule has 2 rings (SSSR count). The van der Waals surface area contributed by atoms with Crippen LogP contribution < -0.4 is 10.1 Å². The van der Waals surface area contributed by atoms with E-state index in [-0.39, 0.29) is 11.9 Å². The van der Waals surface area contributed by atoms with E-state index in [2.05, 4.69) is 26.0 Å². The van der Waals surface area contributed by atoms with E-state index in [0.717, 1.165) is 29.3 Å². The van der Waals surface area contributed by atoms with Crippen LogP contribution in [-0.4, -0.2) is 25.5 Å². The molecule has 5 nitrogen and oxygen atoms in total. The van der Waals surface area contributed by atoms with Gasteiger partial charge in [-0.2, -0.15) is 0 Å². The highest BCUT2D eigenvalue weighted by atomic mass is 79.9. The summed E-state index contributed by atoms with van der Waals surface area (Å²) in [6.45, 7) is 0.928. The van der Waals surface area contributed by atoms with Crippen molar-refractivity contribution in [2.75, 3.05) is 13.7 Å². The predicted octanol–water partition coefficient (Wildman–Crippen LogP) is 4.49. The molecule has 0 bridgehead atoms. The van der Waals surface area contributed by atoms with Gasteiger partial charge in [0.05, 0.1) is 12.7 Å². The van der Waals surface area contributed by atoms with E-state index in [9.17, 15) is 9.59 Å². The molecule has 0 aliphatic heterocycles. The fourth-order valence-corrected chi connectivity index (χ4v) is 2.92. The maximum Gasteiger partial charge on any atom is 0.305 e. The average Bonchev–Trinajstić information content (AvgIpc) is 2.69. The number of esters is 1. The molecule has 0 atom stereocenters. The van der Waals surface area contributed by atoms with E-state index in [1.807, 2.05) is 36.4 Å². The van der Waals surface area contributed by atoms with Crippen molar-refractivity contribution in [2.45, 2.75) is 32.3 Å². The van der Waals surface area contributed by atoms with Crippen molar-refractivity contribution in [2.24, 2.45) is 0 Å². The molecule has 0 saturated carbocycles. The van der Waals surface area contributed by atoms with Crippen LogP contribution in [0.25, 0.3) is 0 Å². The van der Waals surface area contributed by atoms with Crippen molar-refractivity contribution >= 4 is 27.8 Å². The first-order valence-corrected chi connectivity index (χ1v) is 9.71. The minimum absolute atomic E-state index is 0.161. The van der Waals surface area contributed by atoms with Crippen molar-refractivity contribution in [3.8, 4) is 5.75 Å². The number of rotatable bonds is 10. The summed E-state index contributed by atoms with van der Waals surface area (Å²) in [5.74, 6) is 0.192. The van der Waals surface area contributed by atoms with Gasteiger partial charge in [0, 0.05) is 23.0 Å². The zero-order valence-corrected chi connectivity index (χ0v) is 17.0. The molecule has 0 unspecified atom stereocenters. The molecular formula is C21H24BrNO4. The Morgan fingerprint density at radius 3 is 2.52 bits per heavy atom. The second-order valence-corrected chi connectivity index (χ2v) is 6.87. The van der Waals surface area contributed by atoms with Crippen LogP contribution in [0.5, 0.6) is 5.75 Å². The number of methoxy groups -OCH3 is 1. The number of hydrogen-bond acceptors (Lipinski definition) is 4. The molecule has 1 N–H and O–H groups in total. The number of halogens is 1. The molecule has 2 aromatic carbocycles. The van der Waals surface area contributed by atoms with Crippen LogP contribution in [0.15, 0.2) is 53.0 Å². The van der Waals surface area contributed by atoms with Crippen LogP contribution >= 0.6 is 15.9 Å². The van der Waals surface area contributed by atoms with Crippen LogP contribution in [0.1, 0.15) is 41.6 Å². The number of amides is 1. The number of carbonyl (C=O) groups excluding carboxylic acids is 2. The molecular weight excluding hydrogens is 410 g/mol. The van der Waals surface area contributed by atoms with Crippen LogP contribution in [-0.2, 0) is 16.1 Å². The zero-order chi connectivity index (χ0) is 19.5. The third-order valence-corrected chi connectivity index (χ3v) is 4.82. The van der Waals surface area contributed by atoms with E-state index in [1.54, 1.807) is 12.1 Å². The smallest absolute Gasteiger partial charge is 0.305 e. The van der Waals surface area contributed by atoms with E-state index in [1.165, 1.54) is 7.11 Å². The summed E-state index contributed by atoms with van der Waals surface area (Å²) in [5, 5.41) is 2.91. The Kier molecular flexibility index (Phi) is 8.84. The molecule has 27 heavy (non-hydrogen) atoms. The van der Waals surface area contributed by atoms with E-state index >= 15 is 0 Å². The summed E-state index contributed by atoms with van der Waals surface area (Å²) in [7, 11) is 1.39. The maximum atomic E-state index is 12.5. The molecule has 6 heteroatoms. The predicted molar refractivity (Wildman–Crippen MR) is 108 cm³/mol. The Morgan fingerprint density at radius 2 is 1.74 bits per heavy atom. The standard InChI is InChI=1S/C21H24BrNO4/c1-26-20(24)13-3-2-8-14-23-21(25)17-10-5-7-12-19(17)27-15-16-9-4-6-11-18(16)22/h4-7,9-12H,2-3,8,13-15H2,1H3,(H,23,25). The molecule has 0 fully saturated rings. The normalized spacial score (nSPS) is 10.3. The van der Waals surface area contributed by atoms with Crippen LogP contribution in [0.2, 0.25) is 0 Å². The van der Waals surface area contributed by atoms with Gasteiger partial charge in [-0.1, -0.05) is 52.7 Å². The number of unbranched alkanes of at least 4 members (excludes halogenated alkanes) is 2. The molecule has 0 aliphatic carbocycles. The summed E-state index contributed by atoms with van der Waals surface area (Å²) >= 11 is 3.50. The van der Waals surface area contributed by atoms with Gasteiger partial charge in [0.15, 0.2) is 0 Å². The highest BCUT2D eigenvalue weighted by molar-refractivity contribution is 9.10. The number of ether oxygens (including phenoxy) is 2. The molecule has 0 spiro atoms. The first kappa shape index (κ1) is 21.0. The fourth-order valence-electron chi connectivity index (χ4n) is 2.52. The highest BCUT2D eigenvalue weighted by Gasteiger charge is 2.12. The summed E-state index contributed by atoms with van der Waals surface area (Å²) < 4.78 is 11.4. The van der Waals surface area contributed by atoms with E-state index < -0.39 is 0 Å². The first-order chi connectivity index (χ1) is 13.1. The van der Waals surface area contributed by atoms with Gasteiger partial charge >= 0.3 is 5.97 Å². The van der Waals surface area contributed by atoms with E-state index in [4.69, 9.17) is 4.74 Å². The van der Waals surface area contributed by atoms with Crippen molar-refractivity contribution in [3.05, 3.63) is 64.1 Å². The number of carbonyl (C=O) groups is 2. The van der Waals surface area contributed by atoms with Gasteiger partial charge in [-0.15, -0.1) is 0 Å². The Morgan fingerprint density at radius 1 is 1.00 bits per heavy atom. The first-order valence-electron chi connectivity index (χ1n) is 8.92. The van der Waals surface area contributed by atoms with Crippen LogP contribution in [0.3, 0.4) is 0 Å². The van der Waals surface area contributed by atoms with Crippen LogP contribution in [0, 0.1) is 0 Å². The van der Waals surface area contributed by atoms with Crippen molar-refractivity contribution in [1.29, 1.82) is 0 Å². The molecule has 144 valence electrons. The number of nitrogens with one attached hydrogen (secondary N) is 1.